The summed E-state index contributed by atoms with van der Waals surface area (Å²) < 4.78 is 10.9. The van der Waals surface area contributed by atoms with E-state index in [2.05, 4.69) is 23.2 Å². The Hall–Kier alpha value is -2.41. The number of hydrogen-bond donors (Lipinski definition) is 0. The second-order valence-electron chi connectivity index (χ2n) is 6.47. The third-order valence-corrected chi connectivity index (χ3v) is 5.74. The molecule has 26 heavy (non-hydrogen) atoms. The zero-order valence-corrected chi connectivity index (χ0v) is 15.6. The number of fused-ring (bicyclic) bond motifs is 1. The Kier molecular flexibility index (Phi) is 4.88. The van der Waals surface area contributed by atoms with Crippen molar-refractivity contribution in [3.63, 3.8) is 0 Å². The molecule has 7 heteroatoms. The minimum absolute atomic E-state index is 0.0454. The van der Waals surface area contributed by atoms with Crippen molar-refractivity contribution in [3.8, 4) is 11.7 Å². The normalized spacial score (nSPS) is 13.6. The van der Waals surface area contributed by atoms with Gasteiger partial charge in [-0.25, -0.2) is 0 Å². The van der Waals surface area contributed by atoms with Crippen LogP contribution in [0, 0.1) is 0 Å². The second kappa shape index (κ2) is 7.45. The van der Waals surface area contributed by atoms with Crippen LogP contribution in [0.2, 0.25) is 0 Å². The molecule has 0 N–H and O–H groups in total. The number of furan rings is 1. The zero-order valence-electron chi connectivity index (χ0n) is 14.7. The van der Waals surface area contributed by atoms with Crippen LogP contribution in [0.15, 0.2) is 33.3 Å². The van der Waals surface area contributed by atoms with Gasteiger partial charge in [0, 0.05) is 11.4 Å². The molecule has 0 radical (unpaired) electrons. The average molecular weight is 371 g/mol. The molecule has 0 fully saturated rings. The van der Waals surface area contributed by atoms with Gasteiger partial charge in [-0.3, -0.25) is 4.79 Å². The highest BCUT2D eigenvalue weighted by Crippen LogP contribution is 2.30. The van der Waals surface area contributed by atoms with Crippen molar-refractivity contribution in [1.29, 1.82) is 0 Å². The highest BCUT2D eigenvalue weighted by atomic mass is 32.1. The Morgan fingerprint density at radius 2 is 2.19 bits per heavy atom. The van der Waals surface area contributed by atoms with Crippen molar-refractivity contribution in [2.45, 2.75) is 45.6 Å². The molecule has 0 unspecified atom stereocenters. The molecule has 0 spiro atoms. The number of thiophene rings is 1. The molecule has 1 aliphatic carbocycles. The molecule has 1 aliphatic rings. The molecule has 4 rings (SSSR count). The van der Waals surface area contributed by atoms with Gasteiger partial charge in [0.05, 0.1) is 17.7 Å². The summed E-state index contributed by atoms with van der Waals surface area (Å²) >= 11 is 1.64. The van der Waals surface area contributed by atoms with E-state index in [9.17, 15) is 4.79 Å². The molecule has 0 atom stereocenters. The molecule has 0 saturated heterocycles. The van der Waals surface area contributed by atoms with Crippen LogP contribution in [0.3, 0.4) is 0 Å². The number of amides is 1. The van der Waals surface area contributed by atoms with Gasteiger partial charge in [0.1, 0.15) is 0 Å². The number of carbonyl (C=O) groups excluding carboxylic acids is 1. The van der Waals surface area contributed by atoms with Gasteiger partial charge in [-0.1, -0.05) is 6.92 Å². The van der Waals surface area contributed by atoms with E-state index in [1.807, 2.05) is 0 Å². The number of carbonyl (C=O) groups is 1. The summed E-state index contributed by atoms with van der Waals surface area (Å²) in [7, 11) is 0. The largest absolute Gasteiger partial charge is 0.459 e. The fraction of sp³-hybridized carbons (Fsp3) is 0.421. The summed E-state index contributed by atoms with van der Waals surface area (Å²) in [6.45, 7) is 3.02. The topological polar surface area (TPSA) is 72.4 Å². The molecule has 1 amide bonds. The van der Waals surface area contributed by atoms with Crippen LogP contribution in [-0.2, 0) is 19.4 Å². The first-order valence-corrected chi connectivity index (χ1v) is 9.83. The van der Waals surface area contributed by atoms with E-state index in [1.54, 1.807) is 34.6 Å². The van der Waals surface area contributed by atoms with Crippen molar-refractivity contribution < 1.29 is 13.6 Å². The molecule has 0 saturated carbocycles. The van der Waals surface area contributed by atoms with E-state index >= 15 is 0 Å². The first kappa shape index (κ1) is 17.0. The predicted octanol–water partition coefficient (Wildman–Crippen LogP) is 4.32. The first-order valence-electron chi connectivity index (χ1n) is 9.01. The lowest BCUT2D eigenvalue weighted by Gasteiger charge is -2.19. The van der Waals surface area contributed by atoms with Crippen molar-refractivity contribution in [2.24, 2.45) is 0 Å². The van der Waals surface area contributed by atoms with E-state index in [0.29, 0.717) is 30.6 Å². The van der Waals surface area contributed by atoms with Crippen molar-refractivity contribution in [2.75, 3.05) is 6.54 Å². The molecule has 3 aromatic heterocycles. The van der Waals surface area contributed by atoms with Gasteiger partial charge >= 0.3 is 0 Å². The van der Waals surface area contributed by atoms with Crippen LogP contribution in [0.4, 0.5) is 0 Å². The van der Waals surface area contributed by atoms with Crippen LogP contribution in [-0.4, -0.2) is 27.5 Å². The summed E-state index contributed by atoms with van der Waals surface area (Å²) in [5, 5.41) is 8.08. The Morgan fingerprint density at radius 1 is 1.31 bits per heavy atom. The summed E-state index contributed by atoms with van der Waals surface area (Å²) in [6.07, 6.45) is 7.05. The third kappa shape index (κ3) is 3.44. The summed E-state index contributed by atoms with van der Waals surface area (Å²) in [4.78, 5) is 17.0. The van der Waals surface area contributed by atoms with Crippen molar-refractivity contribution in [1.82, 2.24) is 15.1 Å². The molecule has 3 aromatic rings. The fourth-order valence-corrected chi connectivity index (χ4v) is 4.48. The summed E-state index contributed by atoms with van der Waals surface area (Å²) in [5.41, 5.74) is 1.35. The molecule has 0 aromatic carbocycles. The zero-order chi connectivity index (χ0) is 17.9. The highest BCUT2D eigenvalue weighted by Gasteiger charge is 2.23. The lowest BCUT2D eigenvalue weighted by molar-refractivity contribution is 0.0733. The monoisotopic (exact) mass is 371 g/mol. The quantitative estimate of drug-likeness (QED) is 0.645. The minimum atomic E-state index is 0.0454. The minimum Gasteiger partial charge on any atom is -0.459 e. The lowest BCUT2D eigenvalue weighted by atomic mass is 9.99. The molecule has 136 valence electrons. The average Bonchev–Trinajstić information content (AvgIpc) is 3.39. The fourth-order valence-electron chi connectivity index (χ4n) is 3.25. The van der Waals surface area contributed by atoms with Crippen molar-refractivity contribution >= 4 is 17.2 Å². The maximum Gasteiger partial charge on any atom is 0.283 e. The Labute approximate surface area is 155 Å². The van der Waals surface area contributed by atoms with Crippen LogP contribution < -0.4 is 0 Å². The van der Waals surface area contributed by atoms with Gasteiger partial charge in [-0.05, 0) is 55.9 Å². The summed E-state index contributed by atoms with van der Waals surface area (Å²) in [5.74, 6) is 1.33. The third-order valence-electron chi connectivity index (χ3n) is 4.51. The second-order valence-corrected chi connectivity index (χ2v) is 7.61. The molecular weight excluding hydrogens is 350 g/mol. The highest BCUT2D eigenvalue weighted by molar-refractivity contribution is 7.14. The SMILES string of the molecule is CCCN(Cc1nnc(-c2ccco2)o1)C(=O)c1cc2c(s1)CCCC2. The van der Waals surface area contributed by atoms with Gasteiger partial charge in [0.2, 0.25) is 5.89 Å². The van der Waals surface area contributed by atoms with Gasteiger partial charge in [0.25, 0.3) is 11.8 Å². The predicted molar refractivity (Wildman–Crippen MR) is 98.0 cm³/mol. The van der Waals surface area contributed by atoms with E-state index in [4.69, 9.17) is 8.83 Å². The number of hydrogen-bond acceptors (Lipinski definition) is 6. The van der Waals surface area contributed by atoms with Crippen LogP contribution in [0.1, 0.15) is 52.2 Å². The van der Waals surface area contributed by atoms with E-state index in [0.717, 1.165) is 24.1 Å². The number of aryl methyl sites for hydroxylation is 2. The van der Waals surface area contributed by atoms with Gasteiger partial charge < -0.3 is 13.7 Å². The number of rotatable bonds is 6. The van der Waals surface area contributed by atoms with Crippen LogP contribution in [0.25, 0.3) is 11.7 Å². The first-order chi connectivity index (χ1) is 12.7. The smallest absolute Gasteiger partial charge is 0.283 e. The van der Waals surface area contributed by atoms with Gasteiger partial charge in [0.15, 0.2) is 5.76 Å². The maximum absolute atomic E-state index is 13.0. The standard InChI is InChI=1S/C19H21N3O3S/c1-2-9-22(12-17-20-21-18(25-17)14-7-5-10-24-14)19(23)16-11-13-6-3-4-8-15(13)26-16/h5,7,10-11H,2-4,6,8-9,12H2,1H3. The summed E-state index contributed by atoms with van der Waals surface area (Å²) in [6, 6.07) is 5.61. The molecular formula is C19H21N3O3S. The van der Waals surface area contributed by atoms with E-state index < -0.39 is 0 Å². The number of aromatic nitrogens is 2. The van der Waals surface area contributed by atoms with Gasteiger partial charge in [-0.2, -0.15) is 0 Å². The van der Waals surface area contributed by atoms with Crippen LogP contribution in [0.5, 0.6) is 0 Å². The van der Waals surface area contributed by atoms with E-state index in [1.165, 1.54) is 23.3 Å². The molecule has 0 aliphatic heterocycles. The Bertz CT molecular complexity index is 858. The molecule has 0 bridgehead atoms. The lowest BCUT2D eigenvalue weighted by Crippen LogP contribution is -2.30. The van der Waals surface area contributed by atoms with E-state index in [-0.39, 0.29) is 5.91 Å². The Balaban J connectivity index is 1.52. The molecule has 6 nitrogen and oxygen atoms in total. The number of nitrogens with zero attached hydrogens (tertiary/aromatic N) is 3. The van der Waals surface area contributed by atoms with Gasteiger partial charge in [-0.15, -0.1) is 21.5 Å². The Morgan fingerprint density at radius 3 is 2.96 bits per heavy atom. The van der Waals surface area contributed by atoms with Crippen molar-refractivity contribution in [3.05, 3.63) is 45.7 Å². The maximum atomic E-state index is 13.0. The van der Waals surface area contributed by atoms with Crippen LogP contribution >= 0.6 is 11.3 Å². The molecule has 3 heterocycles.